The molecule has 0 saturated carbocycles. The van der Waals surface area contributed by atoms with E-state index < -0.39 is 21.7 Å². The molecule has 2 aliphatic carbocycles. The SMILES string of the molecule is CC.CC.O=c1c(=O)c2cc(Br)cc3c2-c2c1cc(Br)cc2c(=O)c3=O. The topological polar surface area (TPSA) is 68.3 Å². The second-order valence-electron chi connectivity index (χ2n) is 5.07. The van der Waals surface area contributed by atoms with E-state index in [0.717, 1.165) is 0 Å². The summed E-state index contributed by atoms with van der Waals surface area (Å²) in [5, 5.41) is 0.634. The van der Waals surface area contributed by atoms with Crippen LogP contribution < -0.4 is 21.7 Å². The maximum Gasteiger partial charge on any atom is 0.234 e. The number of rotatable bonds is 0. The molecule has 2 aromatic carbocycles. The molecule has 2 aliphatic rings. The normalized spacial score (nSPS) is 10.5. The van der Waals surface area contributed by atoms with Crippen molar-refractivity contribution in [3.8, 4) is 11.1 Å². The molecule has 0 unspecified atom stereocenters. The molecular weight excluding hydrogens is 464 g/mol. The molecule has 0 fully saturated rings. The second-order valence-corrected chi connectivity index (χ2v) is 6.90. The molecule has 0 radical (unpaired) electrons. The minimum atomic E-state index is -0.670. The third kappa shape index (κ3) is 2.91. The lowest BCUT2D eigenvalue weighted by atomic mass is 9.87. The summed E-state index contributed by atoms with van der Waals surface area (Å²) in [4.78, 5) is 49.3. The Morgan fingerprint density at radius 2 is 0.692 bits per heavy atom. The first-order valence-electron chi connectivity index (χ1n) is 8.25. The van der Waals surface area contributed by atoms with Crippen LogP contribution in [-0.4, -0.2) is 0 Å². The summed E-state index contributed by atoms with van der Waals surface area (Å²) in [7, 11) is 0. The fraction of sp³-hybridized carbons (Fsp3) is 0.200. The Morgan fingerprint density at radius 3 is 0.885 bits per heavy atom. The van der Waals surface area contributed by atoms with Gasteiger partial charge in [-0.15, -0.1) is 0 Å². The van der Waals surface area contributed by atoms with Crippen molar-refractivity contribution < 1.29 is 0 Å². The Morgan fingerprint density at radius 1 is 0.500 bits per heavy atom. The van der Waals surface area contributed by atoms with Crippen LogP contribution in [0.1, 0.15) is 27.7 Å². The van der Waals surface area contributed by atoms with Gasteiger partial charge >= 0.3 is 0 Å². The molecule has 134 valence electrons. The molecule has 0 atom stereocenters. The lowest BCUT2D eigenvalue weighted by Crippen LogP contribution is -2.31. The first-order chi connectivity index (χ1) is 12.4. The van der Waals surface area contributed by atoms with Crippen LogP contribution >= 0.6 is 31.9 Å². The first kappa shape index (κ1) is 20.4. The Hall–Kier alpha value is -1.92. The first-order valence-corrected chi connectivity index (χ1v) is 9.84. The van der Waals surface area contributed by atoms with Gasteiger partial charge in [-0.05, 0) is 24.3 Å². The summed E-state index contributed by atoms with van der Waals surface area (Å²) in [6, 6.07) is 6.04. The summed E-state index contributed by atoms with van der Waals surface area (Å²) in [6.07, 6.45) is 0. The van der Waals surface area contributed by atoms with E-state index in [-0.39, 0.29) is 21.5 Å². The van der Waals surface area contributed by atoms with E-state index in [0.29, 0.717) is 20.1 Å². The predicted octanol–water partition coefficient (Wildman–Crippen LogP) is 4.43. The molecule has 0 saturated heterocycles. The molecule has 2 aromatic rings. The highest BCUT2D eigenvalue weighted by atomic mass is 79.9. The Labute approximate surface area is 166 Å². The van der Waals surface area contributed by atoms with Crippen molar-refractivity contribution in [3.63, 3.8) is 0 Å². The van der Waals surface area contributed by atoms with E-state index in [9.17, 15) is 19.2 Å². The summed E-state index contributed by atoms with van der Waals surface area (Å²) >= 11 is 6.43. The highest BCUT2D eigenvalue weighted by Gasteiger charge is 2.25. The van der Waals surface area contributed by atoms with Crippen molar-refractivity contribution >= 4 is 53.4 Å². The molecule has 26 heavy (non-hydrogen) atoms. The molecule has 0 heterocycles. The van der Waals surface area contributed by atoms with Gasteiger partial charge in [0.2, 0.25) is 21.7 Å². The summed E-state index contributed by atoms with van der Waals surface area (Å²) < 4.78 is 0.958. The zero-order chi connectivity index (χ0) is 19.8. The van der Waals surface area contributed by atoms with Gasteiger partial charge in [-0.3, -0.25) is 19.2 Å². The van der Waals surface area contributed by atoms with E-state index >= 15 is 0 Å². The smallest absolute Gasteiger partial charge is 0.234 e. The summed E-state index contributed by atoms with van der Waals surface area (Å²) in [5.41, 5.74) is -1.91. The standard InChI is InChI=1S/C16H4Br2O4.2C2H6/c17-5-1-7-11-8(2-5)15(21)16(22)10-4-6(18)3-9(12(10)11)14(20)13(7)19;2*1-2/h1-4H;2*1-2H3. The van der Waals surface area contributed by atoms with E-state index in [1.54, 1.807) is 0 Å². The third-order valence-electron chi connectivity index (χ3n) is 3.85. The third-order valence-corrected chi connectivity index (χ3v) is 4.76. The zero-order valence-electron chi connectivity index (χ0n) is 14.7. The van der Waals surface area contributed by atoms with Gasteiger partial charge in [-0.2, -0.15) is 0 Å². The van der Waals surface area contributed by atoms with E-state index in [1.165, 1.54) is 24.3 Å². The molecule has 0 amide bonds. The van der Waals surface area contributed by atoms with Crippen molar-refractivity contribution in [2.45, 2.75) is 27.7 Å². The summed E-state index contributed by atoms with van der Waals surface area (Å²) in [5.74, 6) is 0. The van der Waals surface area contributed by atoms with Gasteiger partial charge in [0.05, 0.1) is 0 Å². The van der Waals surface area contributed by atoms with Crippen LogP contribution in [0.4, 0.5) is 0 Å². The van der Waals surface area contributed by atoms with Crippen molar-refractivity contribution in [1.82, 2.24) is 0 Å². The number of halogens is 2. The lowest BCUT2D eigenvalue weighted by molar-refractivity contribution is 1.49. The van der Waals surface area contributed by atoms with Gasteiger partial charge in [0.15, 0.2) is 0 Å². The molecule has 4 rings (SSSR count). The molecule has 0 spiro atoms. The van der Waals surface area contributed by atoms with Gasteiger partial charge in [-0.25, -0.2) is 0 Å². The second kappa shape index (κ2) is 7.76. The van der Waals surface area contributed by atoms with Gasteiger partial charge in [0.1, 0.15) is 0 Å². The Balaban J connectivity index is 0.000000570. The van der Waals surface area contributed by atoms with Crippen molar-refractivity contribution in [1.29, 1.82) is 0 Å². The van der Waals surface area contributed by atoms with Crippen molar-refractivity contribution in [2.24, 2.45) is 0 Å². The number of benzene rings is 4. The van der Waals surface area contributed by atoms with Gasteiger partial charge in [0, 0.05) is 41.6 Å². The largest absolute Gasteiger partial charge is 0.285 e. The highest BCUT2D eigenvalue weighted by molar-refractivity contribution is 9.10. The quantitative estimate of drug-likeness (QED) is 0.276. The minimum absolute atomic E-state index is 0.159. The van der Waals surface area contributed by atoms with Crippen molar-refractivity contribution in [2.75, 3.05) is 0 Å². The molecular formula is C20H16Br2O4. The molecule has 6 heteroatoms. The Bertz CT molecular complexity index is 1080. The predicted molar refractivity (Wildman–Crippen MR) is 115 cm³/mol. The molecule has 0 aromatic heterocycles. The monoisotopic (exact) mass is 478 g/mol. The van der Waals surface area contributed by atoms with Gasteiger partial charge in [0.25, 0.3) is 0 Å². The van der Waals surface area contributed by atoms with Crippen LogP contribution in [0.2, 0.25) is 0 Å². The average Bonchev–Trinajstić information content (AvgIpc) is 2.66. The fourth-order valence-electron chi connectivity index (χ4n) is 2.96. The maximum atomic E-state index is 12.3. The minimum Gasteiger partial charge on any atom is -0.285 e. The fourth-order valence-corrected chi connectivity index (χ4v) is 3.87. The van der Waals surface area contributed by atoms with Crippen LogP contribution in [-0.2, 0) is 0 Å². The van der Waals surface area contributed by atoms with Gasteiger partial charge in [-0.1, -0.05) is 59.6 Å². The van der Waals surface area contributed by atoms with Crippen LogP contribution in [0, 0.1) is 0 Å². The van der Waals surface area contributed by atoms with Crippen LogP contribution in [0.5, 0.6) is 0 Å². The molecule has 0 N–H and O–H groups in total. The lowest BCUT2D eigenvalue weighted by Gasteiger charge is -2.14. The van der Waals surface area contributed by atoms with E-state index in [1.807, 2.05) is 27.7 Å². The zero-order valence-corrected chi connectivity index (χ0v) is 17.9. The Kier molecular flexibility index (Phi) is 6.09. The maximum absolute atomic E-state index is 12.3. The molecule has 0 aliphatic heterocycles. The summed E-state index contributed by atoms with van der Waals surface area (Å²) in [6.45, 7) is 8.00. The number of hydrogen-bond acceptors (Lipinski definition) is 4. The van der Waals surface area contributed by atoms with E-state index in [4.69, 9.17) is 0 Å². The van der Waals surface area contributed by atoms with E-state index in [2.05, 4.69) is 31.9 Å². The van der Waals surface area contributed by atoms with Crippen LogP contribution in [0.3, 0.4) is 0 Å². The average molecular weight is 480 g/mol. The number of hydrogen-bond donors (Lipinski definition) is 0. The molecule has 4 nitrogen and oxygen atoms in total. The van der Waals surface area contributed by atoms with Crippen LogP contribution in [0.15, 0.2) is 52.4 Å². The molecule has 0 bridgehead atoms. The highest BCUT2D eigenvalue weighted by Crippen LogP contribution is 2.37. The van der Waals surface area contributed by atoms with Crippen LogP contribution in [0.25, 0.3) is 32.7 Å². The van der Waals surface area contributed by atoms with Crippen molar-refractivity contribution in [3.05, 3.63) is 74.1 Å². The van der Waals surface area contributed by atoms with Gasteiger partial charge < -0.3 is 0 Å².